The fourth-order valence-corrected chi connectivity index (χ4v) is 7.71. The maximum Gasteiger partial charge on any atom is 0.244 e. The lowest BCUT2D eigenvalue weighted by molar-refractivity contribution is -0.192. The van der Waals surface area contributed by atoms with Crippen molar-refractivity contribution in [3.63, 3.8) is 0 Å². The molecule has 2 aromatic rings. The van der Waals surface area contributed by atoms with Crippen LogP contribution >= 0.6 is 0 Å². The molecule has 2 bridgehead atoms. The number of phenolic OH excluding ortho intramolecular Hbond substituents is 1. The van der Waals surface area contributed by atoms with Crippen molar-refractivity contribution in [2.24, 2.45) is 5.92 Å². The number of nitrogens with one attached hydrogen (secondary N) is 1. The lowest BCUT2D eigenvalue weighted by Crippen LogP contribution is -2.78. The third-order valence-electron chi connectivity index (χ3n) is 9.59. The van der Waals surface area contributed by atoms with E-state index in [0.29, 0.717) is 18.6 Å². The minimum Gasteiger partial charge on any atom is -0.504 e. The van der Waals surface area contributed by atoms with Crippen molar-refractivity contribution in [2.75, 3.05) is 13.1 Å². The number of rotatable bonds is 5. The van der Waals surface area contributed by atoms with Crippen molar-refractivity contribution in [3.8, 4) is 11.5 Å². The molecule has 0 radical (unpaired) electrons. The summed E-state index contributed by atoms with van der Waals surface area (Å²) in [5.74, 6) is 1.24. The van der Waals surface area contributed by atoms with Crippen LogP contribution in [0, 0.1) is 12.8 Å². The molecule has 0 aromatic heterocycles. The van der Waals surface area contributed by atoms with Gasteiger partial charge in [0.2, 0.25) is 5.91 Å². The molecule has 5 atom stereocenters. The molecule has 1 amide bonds. The first-order valence-electron chi connectivity index (χ1n) is 13.4. The first-order valence-corrected chi connectivity index (χ1v) is 13.4. The topological polar surface area (TPSA) is 82.0 Å². The summed E-state index contributed by atoms with van der Waals surface area (Å²) in [5.41, 5.74) is 2.77. The molecule has 6 heteroatoms. The van der Waals surface area contributed by atoms with Crippen molar-refractivity contribution < 1.29 is 19.7 Å². The molecule has 2 heterocycles. The highest BCUT2D eigenvalue weighted by Crippen LogP contribution is 2.65. The molecular weight excluding hydrogens is 452 g/mol. The van der Waals surface area contributed by atoms with Crippen LogP contribution in [0.15, 0.2) is 42.5 Å². The molecule has 3 fully saturated rings. The highest BCUT2D eigenvalue weighted by atomic mass is 16.5. The van der Waals surface area contributed by atoms with Gasteiger partial charge in [-0.15, -0.1) is 0 Å². The first-order chi connectivity index (χ1) is 17.4. The maximum absolute atomic E-state index is 13.0. The van der Waals surface area contributed by atoms with Crippen molar-refractivity contribution >= 4 is 12.0 Å². The standard InChI is InChI=1S/C30H34N2O4/c1-18-2-4-19(5-3-18)8-11-25(34)31-22-12-13-30(35)24-16-21-9-10-23(33)27-26(21)29(30,28(22)36-27)14-15-32(24)17-20-6-7-20/h2-5,8-11,20,22,24,28,33,35H,6-7,12-17H2,1H3,(H,31,34)/b11-8+/t22-,24-,28+,29?,30-/m1/s1. The molecule has 188 valence electrons. The lowest BCUT2D eigenvalue weighted by atomic mass is 9.48. The number of aliphatic hydroxyl groups is 1. The van der Waals surface area contributed by atoms with Gasteiger partial charge in [-0.3, -0.25) is 9.69 Å². The molecule has 7 rings (SSSR count). The van der Waals surface area contributed by atoms with Crippen molar-refractivity contribution in [1.82, 2.24) is 10.2 Å². The summed E-state index contributed by atoms with van der Waals surface area (Å²) < 4.78 is 6.53. The van der Waals surface area contributed by atoms with Gasteiger partial charge in [-0.2, -0.15) is 0 Å². The van der Waals surface area contributed by atoms with Gasteiger partial charge in [0.1, 0.15) is 6.10 Å². The van der Waals surface area contributed by atoms with E-state index in [1.807, 2.05) is 43.3 Å². The minimum absolute atomic E-state index is 0.0408. The normalized spacial score (nSPS) is 34.3. The van der Waals surface area contributed by atoms with E-state index in [1.54, 1.807) is 12.1 Å². The predicted molar refractivity (Wildman–Crippen MR) is 137 cm³/mol. The smallest absolute Gasteiger partial charge is 0.244 e. The number of hydrogen-bond donors (Lipinski definition) is 3. The Bertz CT molecular complexity index is 1250. The summed E-state index contributed by atoms with van der Waals surface area (Å²) in [5, 5.41) is 26.5. The SMILES string of the molecule is Cc1ccc(/C=C/C(=O)N[C@@H]2CC[C@@]3(O)[C@H]4Cc5ccc(O)c6c5C3(CCN4CC3CC3)[C@H]2O6)cc1. The van der Waals surface area contributed by atoms with E-state index >= 15 is 0 Å². The quantitative estimate of drug-likeness (QED) is 0.564. The second-order valence-electron chi connectivity index (χ2n) is 11.7. The van der Waals surface area contributed by atoms with Crippen LogP contribution in [0.2, 0.25) is 0 Å². The number of carbonyl (C=O) groups excluding carboxylic acids is 1. The molecule has 2 aliphatic heterocycles. The summed E-state index contributed by atoms with van der Waals surface area (Å²) in [7, 11) is 0. The van der Waals surface area contributed by atoms with Crippen molar-refractivity contribution in [2.45, 2.75) is 74.7 Å². The fraction of sp³-hybridized carbons (Fsp3) is 0.500. The molecule has 36 heavy (non-hydrogen) atoms. The summed E-state index contributed by atoms with van der Waals surface area (Å²) >= 11 is 0. The lowest BCUT2D eigenvalue weighted by Gasteiger charge is -2.64. The van der Waals surface area contributed by atoms with E-state index in [9.17, 15) is 15.0 Å². The van der Waals surface area contributed by atoms with Gasteiger partial charge >= 0.3 is 0 Å². The van der Waals surface area contributed by atoms with Gasteiger partial charge in [0.15, 0.2) is 11.5 Å². The summed E-state index contributed by atoms with van der Waals surface area (Å²) in [6.07, 6.45) is 8.39. The summed E-state index contributed by atoms with van der Waals surface area (Å²) in [6.45, 7) is 4.00. The Hall–Kier alpha value is -2.83. The Kier molecular flexibility index (Phi) is 4.87. The highest BCUT2D eigenvalue weighted by molar-refractivity contribution is 5.92. The number of aromatic hydroxyl groups is 1. The van der Waals surface area contributed by atoms with Gasteiger partial charge in [-0.25, -0.2) is 0 Å². The number of hydrogen-bond acceptors (Lipinski definition) is 5. The minimum atomic E-state index is -0.935. The molecule has 3 aliphatic carbocycles. The van der Waals surface area contributed by atoms with Crippen LogP contribution in [-0.4, -0.2) is 57.9 Å². The number of phenols is 1. The van der Waals surface area contributed by atoms with E-state index in [-0.39, 0.29) is 23.7 Å². The molecule has 6 nitrogen and oxygen atoms in total. The van der Waals surface area contributed by atoms with Crippen LogP contribution in [0.3, 0.4) is 0 Å². The van der Waals surface area contributed by atoms with Crippen molar-refractivity contribution in [1.29, 1.82) is 0 Å². The predicted octanol–water partition coefficient (Wildman–Crippen LogP) is 3.46. The number of aryl methyl sites for hydroxylation is 1. The van der Waals surface area contributed by atoms with E-state index in [2.05, 4.69) is 10.2 Å². The van der Waals surface area contributed by atoms with E-state index < -0.39 is 17.1 Å². The number of likely N-dealkylation sites (tertiary alicyclic amines) is 1. The van der Waals surface area contributed by atoms with Gasteiger partial charge in [-0.05, 0) is 81.2 Å². The fourth-order valence-electron chi connectivity index (χ4n) is 7.71. The van der Waals surface area contributed by atoms with Crippen LogP contribution in [-0.2, 0) is 16.6 Å². The third-order valence-corrected chi connectivity index (χ3v) is 9.59. The number of carbonyl (C=O) groups is 1. The van der Waals surface area contributed by atoms with Gasteiger partial charge in [0, 0.05) is 24.2 Å². The second kappa shape index (κ2) is 7.83. The third kappa shape index (κ3) is 3.13. The molecule has 1 spiro atoms. The first kappa shape index (κ1) is 22.4. The number of nitrogens with zero attached hydrogens (tertiary/aromatic N) is 1. The van der Waals surface area contributed by atoms with Crippen LogP contribution in [0.1, 0.15) is 54.4 Å². The number of piperidine rings is 1. The molecule has 5 aliphatic rings. The van der Waals surface area contributed by atoms with Crippen LogP contribution in [0.25, 0.3) is 6.08 Å². The molecular formula is C30H34N2O4. The monoisotopic (exact) mass is 486 g/mol. The van der Waals surface area contributed by atoms with Crippen LogP contribution in [0.4, 0.5) is 0 Å². The second-order valence-corrected chi connectivity index (χ2v) is 11.7. The molecule has 3 N–H and O–H groups in total. The molecule has 2 aromatic carbocycles. The van der Waals surface area contributed by atoms with Gasteiger partial charge in [-0.1, -0.05) is 35.9 Å². The maximum atomic E-state index is 13.0. The van der Waals surface area contributed by atoms with Crippen molar-refractivity contribution in [3.05, 3.63) is 64.7 Å². The Balaban J connectivity index is 1.22. The van der Waals surface area contributed by atoms with E-state index in [4.69, 9.17) is 4.74 Å². The Labute approximate surface area is 212 Å². The Morgan fingerprint density at radius 2 is 1.97 bits per heavy atom. The Morgan fingerprint density at radius 3 is 2.75 bits per heavy atom. The van der Waals surface area contributed by atoms with E-state index in [1.165, 1.54) is 24.0 Å². The van der Waals surface area contributed by atoms with Gasteiger partial charge in [0.25, 0.3) is 0 Å². The summed E-state index contributed by atoms with van der Waals surface area (Å²) in [6, 6.07) is 11.6. The largest absolute Gasteiger partial charge is 0.504 e. The number of benzene rings is 2. The summed E-state index contributed by atoms with van der Waals surface area (Å²) in [4.78, 5) is 15.5. The number of ether oxygens (including phenoxy) is 1. The van der Waals surface area contributed by atoms with Crippen LogP contribution < -0.4 is 10.1 Å². The van der Waals surface area contributed by atoms with Gasteiger partial charge in [0.05, 0.1) is 17.1 Å². The van der Waals surface area contributed by atoms with Crippen LogP contribution in [0.5, 0.6) is 11.5 Å². The average Bonchev–Trinajstić information content (AvgIpc) is 3.60. The molecule has 1 saturated heterocycles. The molecule has 2 saturated carbocycles. The average molecular weight is 487 g/mol. The Morgan fingerprint density at radius 1 is 1.17 bits per heavy atom. The zero-order valence-electron chi connectivity index (χ0n) is 20.7. The highest BCUT2D eigenvalue weighted by Gasteiger charge is 2.73. The zero-order valence-corrected chi connectivity index (χ0v) is 20.7. The zero-order chi connectivity index (χ0) is 24.7. The van der Waals surface area contributed by atoms with E-state index in [0.717, 1.165) is 43.0 Å². The molecule has 1 unspecified atom stereocenters. The number of amides is 1. The van der Waals surface area contributed by atoms with Gasteiger partial charge < -0.3 is 20.3 Å².